The molecule has 3 unspecified atom stereocenters. The number of nitrogens with zero attached hydrogens (tertiary/aromatic N) is 1. The molecule has 1 aliphatic carbocycles. The summed E-state index contributed by atoms with van der Waals surface area (Å²) in [6.07, 6.45) is 6.38. The molecule has 4 heteroatoms. The fraction of sp³-hybridized carbons (Fsp3) is 0.857. The zero-order valence-corrected chi connectivity index (χ0v) is 11.1. The van der Waals surface area contributed by atoms with Crippen molar-refractivity contribution >= 4 is 11.9 Å². The molecule has 3 atom stereocenters. The standard InChI is InChI=1S/C14H23NO3/c1-10-5-2-3-7-12(10)14(18)15-8-4-6-11(15)9-13(16)17/h10-12H,2-9H2,1H3,(H,16,17). The van der Waals surface area contributed by atoms with Gasteiger partial charge in [-0.25, -0.2) is 0 Å². The predicted molar refractivity (Wildman–Crippen MR) is 68.1 cm³/mol. The summed E-state index contributed by atoms with van der Waals surface area (Å²) in [5.74, 6) is 0.00724. The Morgan fingerprint density at radius 1 is 1.17 bits per heavy atom. The first-order valence-corrected chi connectivity index (χ1v) is 7.12. The first kappa shape index (κ1) is 13.4. The van der Waals surface area contributed by atoms with E-state index >= 15 is 0 Å². The monoisotopic (exact) mass is 253 g/mol. The summed E-state index contributed by atoms with van der Waals surface area (Å²) in [6, 6.07) is -0.0656. The Balaban J connectivity index is 2.00. The van der Waals surface area contributed by atoms with Gasteiger partial charge in [-0.15, -0.1) is 0 Å². The minimum atomic E-state index is -0.795. The van der Waals surface area contributed by atoms with Gasteiger partial charge >= 0.3 is 5.97 Å². The third-order valence-electron chi connectivity index (χ3n) is 4.50. The van der Waals surface area contributed by atoms with Crippen LogP contribution in [0.15, 0.2) is 0 Å². The van der Waals surface area contributed by atoms with Gasteiger partial charge in [-0.05, 0) is 31.6 Å². The molecule has 1 aliphatic heterocycles. The molecule has 0 spiro atoms. The second kappa shape index (κ2) is 5.72. The van der Waals surface area contributed by atoms with Crippen LogP contribution < -0.4 is 0 Å². The lowest BCUT2D eigenvalue weighted by Crippen LogP contribution is -2.43. The first-order valence-electron chi connectivity index (χ1n) is 7.12. The zero-order valence-electron chi connectivity index (χ0n) is 11.1. The van der Waals surface area contributed by atoms with Gasteiger partial charge in [0.15, 0.2) is 0 Å². The summed E-state index contributed by atoms with van der Waals surface area (Å²) < 4.78 is 0. The van der Waals surface area contributed by atoms with Gasteiger partial charge in [-0.1, -0.05) is 19.8 Å². The van der Waals surface area contributed by atoms with Crippen molar-refractivity contribution in [2.75, 3.05) is 6.54 Å². The molecule has 0 aromatic rings. The fourth-order valence-corrected chi connectivity index (χ4v) is 3.44. The van der Waals surface area contributed by atoms with E-state index < -0.39 is 5.97 Å². The van der Waals surface area contributed by atoms with Crippen LogP contribution in [0.2, 0.25) is 0 Å². The van der Waals surface area contributed by atoms with E-state index in [1.165, 1.54) is 6.42 Å². The number of carbonyl (C=O) groups is 2. The van der Waals surface area contributed by atoms with Crippen LogP contribution in [0.4, 0.5) is 0 Å². The van der Waals surface area contributed by atoms with E-state index in [9.17, 15) is 9.59 Å². The maximum Gasteiger partial charge on any atom is 0.305 e. The number of amides is 1. The second-order valence-corrected chi connectivity index (χ2v) is 5.79. The van der Waals surface area contributed by atoms with Crippen LogP contribution in [0.25, 0.3) is 0 Å². The van der Waals surface area contributed by atoms with E-state index in [1.807, 2.05) is 4.90 Å². The maximum atomic E-state index is 12.5. The van der Waals surface area contributed by atoms with E-state index in [-0.39, 0.29) is 24.3 Å². The van der Waals surface area contributed by atoms with Crippen LogP contribution in [0.5, 0.6) is 0 Å². The third-order valence-corrected chi connectivity index (χ3v) is 4.50. The highest BCUT2D eigenvalue weighted by Gasteiger charge is 2.36. The van der Waals surface area contributed by atoms with Gasteiger partial charge in [0.2, 0.25) is 5.91 Å². The Bertz CT molecular complexity index is 329. The summed E-state index contributed by atoms with van der Waals surface area (Å²) in [7, 11) is 0. The lowest BCUT2D eigenvalue weighted by atomic mass is 9.79. The molecule has 1 saturated heterocycles. The summed E-state index contributed by atoms with van der Waals surface area (Å²) in [5.41, 5.74) is 0. The average molecular weight is 253 g/mol. The molecule has 1 heterocycles. The van der Waals surface area contributed by atoms with Crippen molar-refractivity contribution in [3.8, 4) is 0 Å². The van der Waals surface area contributed by atoms with Crippen molar-refractivity contribution in [3.05, 3.63) is 0 Å². The van der Waals surface area contributed by atoms with E-state index in [0.29, 0.717) is 5.92 Å². The highest BCUT2D eigenvalue weighted by molar-refractivity contribution is 5.80. The number of carbonyl (C=O) groups excluding carboxylic acids is 1. The van der Waals surface area contributed by atoms with Crippen LogP contribution in [0.3, 0.4) is 0 Å². The van der Waals surface area contributed by atoms with Crippen molar-refractivity contribution < 1.29 is 14.7 Å². The SMILES string of the molecule is CC1CCCCC1C(=O)N1CCCC1CC(=O)O. The third kappa shape index (κ3) is 2.85. The molecule has 102 valence electrons. The molecular weight excluding hydrogens is 230 g/mol. The van der Waals surface area contributed by atoms with Crippen LogP contribution in [-0.4, -0.2) is 34.5 Å². The minimum absolute atomic E-state index is 0.0656. The number of carboxylic acids is 1. The number of carboxylic acid groups (broad SMARTS) is 1. The molecular formula is C14H23NO3. The molecule has 0 radical (unpaired) electrons. The summed E-state index contributed by atoms with van der Waals surface area (Å²) >= 11 is 0. The molecule has 0 aromatic heterocycles. The number of rotatable bonds is 3. The van der Waals surface area contributed by atoms with Crippen LogP contribution in [0.1, 0.15) is 51.9 Å². The quantitative estimate of drug-likeness (QED) is 0.839. The van der Waals surface area contributed by atoms with Gasteiger partial charge in [-0.3, -0.25) is 9.59 Å². The van der Waals surface area contributed by atoms with E-state index in [4.69, 9.17) is 5.11 Å². The molecule has 2 aliphatic rings. The molecule has 0 bridgehead atoms. The van der Waals surface area contributed by atoms with Crippen molar-refractivity contribution in [2.45, 2.75) is 57.9 Å². The Kier molecular flexibility index (Phi) is 4.25. The van der Waals surface area contributed by atoms with E-state index in [0.717, 1.165) is 38.6 Å². The second-order valence-electron chi connectivity index (χ2n) is 5.79. The average Bonchev–Trinajstić information content (AvgIpc) is 2.76. The Hall–Kier alpha value is -1.06. The highest BCUT2D eigenvalue weighted by Crippen LogP contribution is 2.33. The van der Waals surface area contributed by atoms with Crippen molar-refractivity contribution in [3.63, 3.8) is 0 Å². The first-order chi connectivity index (χ1) is 8.59. The Morgan fingerprint density at radius 3 is 2.56 bits per heavy atom. The smallest absolute Gasteiger partial charge is 0.305 e. The number of aliphatic carboxylic acids is 1. The predicted octanol–water partition coefficient (Wildman–Crippen LogP) is 2.28. The topological polar surface area (TPSA) is 57.6 Å². The van der Waals surface area contributed by atoms with E-state index in [1.54, 1.807) is 0 Å². The van der Waals surface area contributed by atoms with Gasteiger partial charge < -0.3 is 10.0 Å². The minimum Gasteiger partial charge on any atom is -0.481 e. The van der Waals surface area contributed by atoms with Crippen molar-refractivity contribution in [1.82, 2.24) is 4.90 Å². The largest absolute Gasteiger partial charge is 0.481 e. The molecule has 2 rings (SSSR count). The molecule has 0 aromatic carbocycles. The number of hydrogen-bond donors (Lipinski definition) is 1. The van der Waals surface area contributed by atoms with E-state index in [2.05, 4.69) is 6.92 Å². The van der Waals surface area contributed by atoms with Crippen molar-refractivity contribution in [2.24, 2.45) is 11.8 Å². The Labute approximate surface area is 108 Å². The molecule has 1 N–H and O–H groups in total. The van der Waals surface area contributed by atoms with Crippen LogP contribution in [-0.2, 0) is 9.59 Å². The lowest BCUT2D eigenvalue weighted by molar-refractivity contribution is -0.142. The summed E-state index contributed by atoms with van der Waals surface area (Å²) in [6.45, 7) is 2.91. The summed E-state index contributed by atoms with van der Waals surface area (Å²) in [5, 5.41) is 8.90. The zero-order chi connectivity index (χ0) is 13.1. The van der Waals surface area contributed by atoms with Gasteiger partial charge in [0.05, 0.1) is 6.42 Å². The fourth-order valence-electron chi connectivity index (χ4n) is 3.44. The lowest BCUT2D eigenvalue weighted by Gasteiger charge is -2.33. The Morgan fingerprint density at radius 2 is 1.89 bits per heavy atom. The molecule has 4 nitrogen and oxygen atoms in total. The van der Waals surface area contributed by atoms with Gasteiger partial charge in [0.1, 0.15) is 0 Å². The normalized spacial score (nSPS) is 32.5. The molecule has 1 saturated carbocycles. The highest BCUT2D eigenvalue weighted by atomic mass is 16.4. The van der Waals surface area contributed by atoms with Gasteiger partial charge in [0, 0.05) is 18.5 Å². The molecule has 1 amide bonds. The van der Waals surface area contributed by atoms with Crippen molar-refractivity contribution in [1.29, 1.82) is 0 Å². The number of hydrogen-bond acceptors (Lipinski definition) is 2. The molecule has 2 fully saturated rings. The van der Waals surface area contributed by atoms with Crippen LogP contribution in [0, 0.1) is 11.8 Å². The maximum absolute atomic E-state index is 12.5. The summed E-state index contributed by atoms with van der Waals surface area (Å²) in [4.78, 5) is 25.2. The van der Waals surface area contributed by atoms with Crippen LogP contribution >= 0.6 is 0 Å². The number of likely N-dealkylation sites (tertiary alicyclic amines) is 1. The molecule has 18 heavy (non-hydrogen) atoms. The van der Waals surface area contributed by atoms with Gasteiger partial charge in [0.25, 0.3) is 0 Å². The van der Waals surface area contributed by atoms with Gasteiger partial charge in [-0.2, -0.15) is 0 Å².